The van der Waals surface area contributed by atoms with E-state index >= 15 is 0 Å². The van der Waals surface area contributed by atoms with Crippen LogP contribution >= 0.6 is 11.6 Å². The molecule has 17 heavy (non-hydrogen) atoms. The van der Waals surface area contributed by atoms with Crippen molar-refractivity contribution in [2.45, 2.75) is 6.92 Å². The number of nitrogens with zero attached hydrogens (tertiary/aromatic N) is 2. The molecule has 90 valence electrons. The highest BCUT2D eigenvalue weighted by Crippen LogP contribution is 2.26. The summed E-state index contributed by atoms with van der Waals surface area (Å²) in [6.45, 7) is 5.88. The van der Waals surface area contributed by atoms with Gasteiger partial charge in [0.1, 0.15) is 12.9 Å². The normalized spacial score (nSPS) is 11.8. The summed E-state index contributed by atoms with van der Waals surface area (Å²) < 4.78 is 5.45. The zero-order valence-electron chi connectivity index (χ0n) is 9.56. The molecule has 0 aliphatic heterocycles. The molecule has 0 saturated heterocycles. The largest absolute Gasteiger partial charge is 0.482 e. The molecule has 0 saturated carbocycles. The van der Waals surface area contributed by atoms with E-state index in [-0.39, 0.29) is 11.0 Å². The molecule has 4 nitrogen and oxygen atoms in total. The minimum atomic E-state index is 0.215. The van der Waals surface area contributed by atoms with Crippen LogP contribution in [0.5, 0.6) is 5.75 Å². The summed E-state index contributed by atoms with van der Waals surface area (Å²) in [5.41, 5.74) is 6.64. The van der Waals surface area contributed by atoms with E-state index in [1.54, 1.807) is 6.08 Å². The topological polar surface area (TPSA) is 61.0 Å². The van der Waals surface area contributed by atoms with Gasteiger partial charge in [-0.25, -0.2) is 9.97 Å². The number of nitrogens with two attached hydrogens (primary N) is 1. The molecule has 0 aliphatic rings. The molecular formula is C12H14ClN3O. The van der Waals surface area contributed by atoms with Gasteiger partial charge in [0.2, 0.25) is 0 Å². The fourth-order valence-electron chi connectivity index (χ4n) is 1.03. The van der Waals surface area contributed by atoms with E-state index in [0.29, 0.717) is 12.4 Å². The van der Waals surface area contributed by atoms with Gasteiger partial charge in [-0.2, -0.15) is 0 Å². The highest BCUT2D eigenvalue weighted by molar-refractivity contribution is 6.31. The molecule has 0 fully saturated rings. The highest BCUT2D eigenvalue weighted by atomic mass is 35.5. The molecule has 0 atom stereocenters. The Morgan fingerprint density at radius 2 is 2.29 bits per heavy atom. The van der Waals surface area contributed by atoms with Gasteiger partial charge in [-0.15, -0.1) is 0 Å². The van der Waals surface area contributed by atoms with Crippen LogP contribution in [0.4, 0.5) is 5.82 Å². The first-order valence-corrected chi connectivity index (χ1v) is 5.36. The van der Waals surface area contributed by atoms with E-state index in [1.807, 2.05) is 25.2 Å². The van der Waals surface area contributed by atoms with Crippen LogP contribution < -0.4 is 10.5 Å². The van der Waals surface area contributed by atoms with Gasteiger partial charge in [-0.3, -0.25) is 0 Å². The highest BCUT2D eigenvalue weighted by Gasteiger charge is 2.08. The minimum Gasteiger partial charge on any atom is -0.482 e. The second-order valence-electron chi connectivity index (χ2n) is 3.30. The van der Waals surface area contributed by atoms with Crippen LogP contribution in [0.1, 0.15) is 6.92 Å². The van der Waals surface area contributed by atoms with Crippen molar-refractivity contribution in [1.29, 1.82) is 0 Å². The Hall–Kier alpha value is -1.81. The number of hydrogen-bond acceptors (Lipinski definition) is 4. The first kappa shape index (κ1) is 13.3. The molecule has 0 radical (unpaired) electrons. The average molecular weight is 252 g/mol. The number of halogens is 1. The summed E-state index contributed by atoms with van der Waals surface area (Å²) in [5, 5.41) is 0.215. The predicted octanol–water partition coefficient (Wildman–Crippen LogP) is 2.78. The molecule has 0 amide bonds. The summed E-state index contributed by atoms with van der Waals surface area (Å²) in [6, 6.07) is 0. The summed E-state index contributed by atoms with van der Waals surface area (Å²) in [5.74, 6) is 0.550. The van der Waals surface area contributed by atoms with Gasteiger partial charge in [0.25, 0.3) is 0 Å². The minimum absolute atomic E-state index is 0.215. The van der Waals surface area contributed by atoms with E-state index in [2.05, 4.69) is 16.5 Å². The summed E-state index contributed by atoms with van der Waals surface area (Å²) in [4.78, 5) is 7.60. The van der Waals surface area contributed by atoms with Crippen molar-refractivity contribution < 1.29 is 4.74 Å². The van der Waals surface area contributed by atoms with E-state index in [9.17, 15) is 0 Å². The number of allylic oxidation sites excluding steroid dienone is 4. The van der Waals surface area contributed by atoms with Crippen LogP contribution in [0.2, 0.25) is 5.15 Å². The van der Waals surface area contributed by atoms with E-state index < -0.39 is 0 Å². The molecular weight excluding hydrogens is 238 g/mol. The van der Waals surface area contributed by atoms with Gasteiger partial charge in [0.15, 0.2) is 16.7 Å². The molecule has 0 aliphatic carbocycles. The number of hydrogen-bond donors (Lipinski definition) is 1. The predicted molar refractivity (Wildman–Crippen MR) is 70.0 cm³/mol. The van der Waals surface area contributed by atoms with E-state index in [1.165, 1.54) is 6.33 Å². The molecule has 0 aromatic carbocycles. The fourth-order valence-corrected chi connectivity index (χ4v) is 1.23. The third-order valence-corrected chi connectivity index (χ3v) is 2.13. The molecule has 0 spiro atoms. The molecule has 1 aromatic rings. The standard InChI is InChI=1S/C12H14ClN3O/c1-3-4-5-6-9(2)7-17-10-11(13)15-8-16-12(10)14/h3-6,8H,1,7H2,2H3,(H2,14,15,16)/b5-4-,9-6+. The number of ether oxygens (including phenoxy) is 1. The van der Waals surface area contributed by atoms with Crippen molar-refractivity contribution in [2.75, 3.05) is 12.3 Å². The van der Waals surface area contributed by atoms with Crippen LogP contribution in [0.25, 0.3) is 0 Å². The van der Waals surface area contributed by atoms with Crippen LogP contribution in [0, 0.1) is 0 Å². The molecule has 0 bridgehead atoms. The van der Waals surface area contributed by atoms with Crippen LogP contribution in [-0.4, -0.2) is 16.6 Å². The lowest BCUT2D eigenvalue weighted by Gasteiger charge is -2.08. The lowest BCUT2D eigenvalue weighted by molar-refractivity contribution is 0.351. The number of nitrogen functional groups attached to an aromatic ring is 1. The lowest BCUT2D eigenvalue weighted by Crippen LogP contribution is -2.04. The zero-order chi connectivity index (χ0) is 12.7. The van der Waals surface area contributed by atoms with Gasteiger partial charge < -0.3 is 10.5 Å². The first-order valence-electron chi connectivity index (χ1n) is 4.98. The van der Waals surface area contributed by atoms with E-state index in [0.717, 1.165) is 5.57 Å². The van der Waals surface area contributed by atoms with Crippen molar-refractivity contribution in [2.24, 2.45) is 0 Å². The molecule has 1 heterocycles. The molecule has 1 rings (SSSR count). The Morgan fingerprint density at radius 3 is 2.94 bits per heavy atom. The van der Waals surface area contributed by atoms with Crippen molar-refractivity contribution in [3.8, 4) is 5.75 Å². The third kappa shape index (κ3) is 4.28. The van der Waals surface area contributed by atoms with Crippen molar-refractivity contribution in [1.82, 2.24) is 9.97 Å². The second-order valence-corrected chi connectivity index (χ2v) is 3.66. The first-order chi connectivity index (χ1) is 8.15. The summed E-state index contributed by atoms with van der Waals surface area (Å²) in [6.07, 6.45) is 8.61. The molecule has 1 aromatic heterocycles. The average Bonchev–Trinajstić information content (AvgIpc) is 2.29. The Balaban J connectivity index is 2.64. The van der Waals surface area contributed by atoms with Crippen LogP contribution in [-0.2, 0) is 0 Å². The number of rotatable bonds is 5. The number of anilines is 1. The molecule has 0 unspecified atom stereocenters. The fraction of sp³-hybridized carbons (Fsp3) is 0.167. The Kier molecular flexibility index (Phi) is 5.23. The SMILES string of the molecule is C=C/C=C\C=C(/C)COc1c(N)ncnc1Cl. The Morgan fingerprint density at radius 1 is 1.53 bits per heavy atom. The quantitative estimate of drug-likeness (QED) is 0.646. The molecule has 5 heteroatoms. The van der Waals surface area contributed by atoms with Gasteiger partial charge >= 0.3 is 0 Å². The smallest absolute Gasteiger partial charge is 0.199 e. The second kappa shape index (κ2) is 6.70. The van der Waals surface area contributed by atoms with Gasteiger partial charge in [0.05, 0.1) is 0 Å². The summed E-state index contributed by atoms with van der Waals surface area (Å²) in [7, 11) is 0. The summed E-state index contributed by atoms with van der Waals surface area (Å²) >= 11 is 5.84. The Bertz CT molecular complexity index is 435. The van der Waals surface area contributed by atoms with Gasteiger partial charge in [0, 0.05) is 0 Å². The van der Waals surface area contributed by atoms with Gasteiger partial charge in [-0.05, 0) is 12.5 Å². The third-order valence-electron chi connectivity index (χ3n) is 1.86. The monoisotopic (exact) mass is 251 g/mol. The van der Waals surface area contributed by atoms with Crippen LogP contribution in [0.3, 0.4) is 0 Å². The van der Waals surface area contributed by atoms with E-state index in [4.69, 9.17) is 22.1 Å². The Labute approximate surface area is 105 Å². The van der Waals surface area contributed by atoms with Crippen LogP contribution in [0.15, 0.2) is 42.8 Å². The van der Waals surface area contributed by atoms with Gasteiger partial charge in [-0.1, -0.05) is 42.5 Å². The molecule has 2 N–H and O–H groups in total. The maximum absolute atomic E-state index is 5.84. The van der Waals surface area contributed by atoms with Crippen molar-refractivity contribution in [3.63, 3.8) is 0 Å². The van der Waals surface area contributed by atoms with Crippen molar-refractivity contribution >= 4 is 17.4 Å². The van der Waals surface area contributed by atoms with Crippen molar-refractivity contribution in [3.05, 3.63) is 47.9 Å². The maximum Gasteiger partial charge on any atom is 0.199 e. The maximum atomic E-state index is 5.84. The number of aromatic nitrogens is 2. The lowest BCUT2D eigenvalue weighted by atomic mass is 10.3. The zero-order valence-corrected chi connectivity index (χ0v) is 10.3.